The molecule has 0 aliphatic carbocycles. The molecule has 25 heavy (non-hydrogen) atoms. The zero-order chi connectivity index (χ0) is 17.4. The molecule has 0 saturated carbocycles. The second-order valence-electron chi connectivity index (χ2n) is 7.81. The van der Waals surface area contributed by atoms with Gasteiger partial charge in [-0.25, -0.2) is 4.68 Å². The maximum Gasteiger partial charge on any atom is 0.244 e. The van der Waals surface area contributed by atoms with E-state index in [0.717, 1.165) is 57.8 Å². The number of anilines is 1. The molecule has 1 aromatic heterocycles. The first kappa shape index (κ1) is 16.8. The van der Waals surface area contributed by atoms with Crippen LogP contribution in [0.5, 0.6) is 0 Å². The van der Waals surface area contributed by atoms with Crippen LogP contribution in [0, 0.1) is 12.8 Å². The molecule has 4 aliphatic heterocycles. The van der Waals surface area contributed by atoms with Gasteiger partial charge in [0.2, 0.25) is 5.91 Å². The van der Waals surface area contributed by atoms with Crippen LogP contribution in [0.15, 0.2) is 6.07 Å². The number of carbonyl (C=O) groups is 1. The molecule has 0 radical (unpaired) electrons. The van der Waals surface area contributed by atoms with Crippen LogP contribution in [-0.2, 0) is 16.1 Å². The van der Waals surface area contributed by atoms with Gasteiger partial charge in [0.05, 0.1) is 5.69 Å². The number of amides is 1. The van der Waals surface area contributed by atoms with E-state index in [1.54, 1.807) is 4.68 Å². The van der Waals surface area contributed by atoms with E-state index in [4.69, 9.17) is 10.5 Å². The summed E-state index contributed by atoms with van der Waals surface area (Å²) in [6.45, 7) is 6.89. The Morgan fingerprint density at radius 3 is 2.72 bits per heavy atom. The van der Waals surface area contributed by atoms with Crippen LogP contribution < -0.4 is 5.73 Å². The molecule has 4 aliphatic rings. The van der Waals surface area contributed by atoms with E-state index in [9.17, 15) is 4.79 Å². The molecule has 5 heterocycles. The van der Waals surface area contributed by atoms with Gasteiger partial charge >= 0.3 is 0 Å². The molecule has 2 bridgehead atoms. The smallest absolute Gasteiger partial charge is 0.244 e. The summed E-state index contributed by atoms with van der Waals surface area (Å²) in [5, 5.41) is 4.34. The van der Waals surface area contributed by atoms with Gasteiger partial charge in [-0.15, -0.1) is 0 Å². The summed E-state index contributed by atoms with van der Waals surface area (Å²) in [7, 11) is 0. The minimum atomic E-state index is 0.151. The highest BCUT2D eigenvalue weighted by atomic mass is 16.5. The molecule has 0 spiro atoms. The lowest BCUT2D eigenvalue weighted by molar-refractivity contribution is -0.136. The third-order valence-electron chi connectivity index (χ3n) is 5.99. The molecule has 0 unspecified atom stereocenters. The Kier molecular flexibility index (Phi) is 4.69. The Hall–Kier alpha value is -1.60. The summed E-state index contributed by atoms with van der Waals surface area (Å²) in [6.07, 6.45) is 4.59. The maximum atomic E-state index is 12.9. The van der Waals surface area contributed by atoms with Gasteiger partial charge in [-0.1, -0.05) is 0 Å². The molecule has 5 rings (SSSR count). The number of nitrogen functional groups attached to an aromatic ring is 1. The number of carbonyl (C=O) groups excluding carboxylic acids is 1. The van der Waals surface area contributed by atoms with Crippen molar-refractivity contribution < 1.29 is 9.53 Å². The van der Waals surface area contributed by atoms with Crippen molar-refractivity contribution in [1.82, 2.24) is 19.6 Å². The van der Waals surface area contributed by atoms with Crippen molar-refractivity contribution in [3.05, 3.63) is 11.8 Å². The predicted octanol–water partition coefficient (Wildman–Crippen LogP) is 0.876. The van der Waals surface area contributed by atoms with Gasteiger partial charge in [-0.05, 0) is 38.5 Å². The topological polar surface area (TPSA) is 76.6 Å². The molecule has 7 heteroatoms. The van der Waals surface area contributed by atoms with Crippen molar-refractivity contribution >= 4 is 11.7 Å². The predicted molar refractivity (Wildman–Crippen MR) is 95.0 cm³/mol. The van der Waals surface area contributed by atoms with Crippen molar-refractivity contribution in [1.29, 1.82) is 0 Å². The van der Waals surface area contributed by atoms with Crippen molar-refractivity contribution in [2.24, 2.45) is 5.92 Å². The summed E-state index contributed by atoms with van der Waals surface area (Å²) in [4.78, 5) is 17.7. The van der Waals surface area contributed by atoms with Crippen LogP contribution in [0.1, 0.15) is 31.4 Å². The van der Waals surface area contributed by atoms with Crippen LogP contribution in [0.2, 0.25) is 0 Å². The Morgan fingerprint density at radius 1 is 1.20 bits per heavy atom. The standard InChI is InChI=1S/C18H29N5O2/c1-13-8-17(19)23(20-13)12-18(24)22-10-14-2-3-16(22)11-21(9-14)15-4-6-25-7-5-15/h8,14-16H,2-7,9-12,19H2,1H3/t14-,16+/m0/s1. The van der Waals surface area contributed by atoms with Crippen molar-refractivity contribution in [3.8, 4) is 0 Å². The average molecular weight is 347 g/mol. The molecular weight excluding hydrogens is 318 g/mol. The van der Waals surface area contributed by atoms with Gasteiger partial charge in [-0.2, -0.15) is 5.10 Å². The minimum Gasteiger partial charge on any atom is -0.384 e. The van der Waals surface area contributed by atoms with Crippen LogP contribution >= 0.6 is 0 Å². The maximum absolute atomic E-state index is 12.9. The number of aryl methyl sites for hydroxylation is 1. The molecule has 7 nitrogen and oxygen atoms in total. The number of hydrogen-bond donors (Lipinski definition) is 1. The van der Waals surface area contributed by atoms with Gasteiger partial charge < -0.3 is 15.4 Å². The molecule has 4 fully saturated rings. The van der Waals surface area contributed by atoms with Gasteiger partial charge in [-0.3, -0.25) is 9.69 Å². The van der Waals surface area contributed by atoms with E-state index in [1.807, 2.05) is 13.0 Å². The van der Waals surface area contributed by atoms with Crippen LogP contribution in [0.3, 0.4) is 0 Å². The van der Waals surface area contributed by atoms with Crippen LogP contribution in [-0.4, -0.2) is 70.4 Å². The summed E-state index contributed by atoms with van der Waals surface area (Å²) >= 11 is 0. The zero-order valence-corrected chi connectivity index (χ0v) is 15.1. The van der Waals surface area contributed by atoms with Gasteiger partial charge in [0.15, 0.2) is 0 Å². The lowest BCUT2D eigenvalue weighted by Gasteiger charge is -2.37. The van der Waals surface area contributed by atoms with E-state index in [-0.39, 0.29) is 12.5 Å². The molecule has 1 amide bonds. The summed E-state index contributed by atoms with van der Waals surface area (Å²) < 4.78 is 7.15. The van der Waals surface area contributed by atoms with Crippen LogP contribution in [0.25, 0.3) is 0 Å². The number of fused-ring (bicyclic) bond motifs is 4. The number of ether oxygens (including phenoxy) is 1. The first-order valence-electron chi connectivity index (χ1n) is 9.51. The number of nitrogens with zero attached hydrogens (tertiary/aromatic N) is 4. The van der Waals surface area contributed by atoms with E-state index in [0.29, 0.717) is 23.8 Å². The van der Waals surface area contributed by atoms with Gasteiger partial charge in [0.25, 0.3) is 0 Å². The lowest BCUT2D eigenvalue weighted by atomic mass is 9.95. The summed E-state index contributed by atoms with van der Waals surface area (Å²) in [6, 6.07) is 2.76. The molecule has 1 aromatic rings. The molecule has 138 valence electrons. The zero-order valence-electron chi connectivity index (χ0n) is 15.1. The molecule has 4 saturated heterocycles. The fourth-order valence-corrected chi connectivity index (χ4v) is 4.68. The van der Waals surface area contributed by atoms with E-state index in [1.165, 1.54) is 6.42 Å². The molecule has 2 atom stereocenters. The fourth-order valence-electron chi connectivity index (χ4n) is 4.68. The van der Waals surface area contributed by atoms with Crippen molar-refractivity contribution in [2.75, 3.05) is 38.6 Å². The lowest BCUT2D eigenvalue weighted by Crippen LogP contribution is -2.49. The Balaban J connectivity index is 1.44. The number of piperidine rings is 1. The highest BCUT2D eigenvalue weighted by Crippen LogP contribution is 2.31. The normalized spacial score (nSPS) is 28.3. The molecular formula is C18H29N5O2. The van der Waals surface area contributed by atoms with Crippen molar-refractivity contribution in [3.63, 3.8) is 0 Å². The Labute approximate surface area is 149 Å². The molecule has 0 aromatic carbocycles. The third-order valence-corrected chi connectivity index (χ3v) is 5.99. The second kappa shape index (κ2) is 6.96. The highest BCUT2D eigenvalue weighted by Gasteiger charge is 2.39. The summed E-state index contributed by atoms with van der Waals surface area (Å²) in [5.74, 6) is 1.30. The first-order valence-corrected chi connectivity index (χ1v) is 9.51. The fraction of sp³-hybridized carbons (Fsp3) is 0.778. The number of nitrogens with two attached hydrogens (primary N) is 1. The first-order chi connectivity index (χ1) is 12.1. The van der Waals surface area contributed by atoms with Gasteiger partial charge in [0, 0.05) is 51.0 Å². The minimum absolute atomic E-state index is 0.151. The van der Waals surface area contributed by atoms with Crippen molar-refractivity contribution in [2.45, 2.75) is 51.2 Å². The van der Waals surface area contributed by atoms with E-state index in [2.05, 4.69) is 14.9 Å². The average Bonchev–Trinajstić information content (AvgIpc) is 2.81. The van der Waals surface area contributed by atoms with Crippen LogP contribution in [0.4, 0.5) is 5.82 Å². The quantitative estimate of drug-likeness (QED) is 0.878. The van der Waals surface area contributed by atoms with E-state index < -0.39 is 0 Å². The number of hydrogen-bond acceptors (Lipinski definition) is 5. The number of aromatic nitrogens is 2. The van der Waals surface area contributed by atoms with E-state index >= 15 is 0 Å². The third kappa shape index (κ3) is 3.53. The monoisotopic (exact) mass is 347 g/mol. The second-order valence-corrected chi connectivity index (χ2v) is 7.81. The number of rotatable bonds is 3. The van der Waals surface area contributed by atoms with Gasteiger partial charge in [0.1, 0.15) is 12.4 Å². The largest absolute Gasteiger partial charge is 0.384 e. The summed E-state index contributed by atoms with van der Waals surface area (Å²) in [5.41, 5.74) is 6.81. The molecule has 2 N–H and O–H groups in total. The SMILES string of the molecule is Cc1cc(N)n(CC(=O)N2C[C@H]3CC[C@@H]2CN(C2CCOCC2)C3)n1. The Bertz CT molecular complexity index is 625. The Morgan fingerprint density at radius 2 is 2.00 bits per heavy atom. The highest BCUT2D eigenvalue weighted by molar-refractivity contribution is 5.77.